The molecule has 1 N–H and O–H groups in total. The zero-order valence-electron chi connectivity index (χ0n) is 8.58. The number of allylic oxidation sites excluding steroid dienone is 1. The molecule has 0 aromatic carbocycles. The Labute approximate surface area is 92.5 Å². The minimum atomic E-state index is 0. The van der Waals surface area contributed by atoms with Crippen LogP contribution >= 0.6 is 12.4 Å². The van der Waals surface area contributed by atoms with Gasteiger partial charge in [0.05, 0.1) is 0 Å². The Kier molecular flexibility index (Phi) is 5.53. The van der Waals surface area contributed by atoms with Crippen LogP contribution in [-0.4, -0.2) is 25.8 Å². The number of rotatable bonds is 2. The van der Waals surface area contributed by atoms with E-state index in [9.17, 15) is 0 Å². The van der Waals surface area contributed by atoms with Gasteiger partial charge in [-0.05, 0) is 38.1 Å². The van der Waals surface area contributed by atoms with Gasteiger partial charge in [-0.3, -0.25) is 0 Å². The lowest BCUT2D eigenvalue weighted by molar-refractivity contribution is 0.0784. The van der Waals surface area contributed by atoms with Gasteiger partial charge in [0.25, 0.3) is 0 Å². The molecular formula is C11H20ClNO. The van der Waals surface area contributed by atoms with Crippen molar-refractivity contribution in [2.75, 3.05) is 19.8 Å². The van der Waals surface area contributed by atoms with Gasteiger partial charge < -0.3 is 10.1 Å². The fraction of sp³-hybridized carbons (Fsp3) is 0.818. The lowest BCUT2D eigenvalue weighted by Crippen LogP contribution is -2.19. The molecule has 0 aromatic rings. The van der Waals surface area contributed by atoms with Crippen LogP contribution in [0.3, 0.4) is 0 Å². The molecule has 0 saturated carbocycles. The molecule has 2 rings (SSSR count). The monoisotopic (exact) mass is 217 g/mol. The van der Waals surface area contributed by atoms with Crippen molar-refractivity contribution in [3.63, 3.8) is 0 Å². The van der Waals surface area contributed by atoms with Crippen molar-refractivity contribution in [3.05, 3.63) is 12.2 Å². The molecule has 2 aliphatic rings. The van der Waals surface area contributed by atoms with Crippen molar-refractivity contribution in [2.24, 2.45) is 5.92 Å². The highest BCUT2D eigenvalue weighted by Gasteiger charge is 2.13. The minimum Gasteiger partial charge on any atom is -0.381 e. The van der Waals surface area contributed by atoms with Crippen LogP contribution in [0.15, 0.2) is 12.2 Å². The molecule has 2 aliphatic heterocycles. The van der Waals surface area contributed by atoms with Crippen molar-refractivity contribution in [2.45, 2.75) is 31.7 Å². The van der Waals surface area contributed by atoms with Crippen LogP contribution in [0.4, 0.5) is 0 Å². The maximum Gasteiger partial charge on any atom is 0.0471 e. The quantitative estimate of drug-likeness (QED) is 0.716. The molecule has 2 heterocycles. The third kappa shape index (κ3) is 3.60. The molecule has 0 aromatic heterocycles. The van der Waals surface area contributed by atoms with Crippen LogP contribution in [0.1, 0.15) is 25.7 Å². The summed E-state index contributed by atoms with van der Waals surface area (Å²) in [5.41, 5.74) is 0. The molecule has 0 radical (unpaired) electrons. The molecule has 0 bridgehead atoms. The topological polar surface area (TPSA) is 21.3 Å². The maximum absolute atomic E-state index is 5.32. The van der Waals surface area contributed by atoms with Gasteiger partial charge in [0.2, 0.25) is 0 Å². The molecule has 1 unspecified atom stereocenters. The molecule has 0 amide bonds. The summed E-state index contributed by atoms with van der Waals surface area (Å²) >= 11 is 0. The Bertz CT molecular complexity index is 172. The SMILES string of the molecule is C(=C\C1CCCN1)/C1CCOCC1.Cl. The van der Waals surface area contributed by atoms with E-state index in [2.05, 4.69) is 17.5 Å². The number of ether oxygens (including phenoxy) is 1. The van der Waals surface area contributed by atoms with E-state index in [0.29, 0.717) is 6.04 Å². The van der Waals surface area contributed by atoms with E-state index in [1.807, 2.05) is 0 Å². The minimum absolute atomic E-state index is 0. The molecule has 2 nitrogen and oxygen atoms in total. The highest BCUT2D eigenvalue weighted by atomic mass is 35.5. The first-order valence-corrected chi connectivity index (χ1v) is 5.44. The fourth-order valence-electron chi connectivity index (χ4n) is 2.08. The number of hydrogen-bond acceptors (Lipinski definition) is 2. The smallest absolute Gasteiger partial charge is 0.0471 e. The average Bonchev–Trinajstić information content (AvgIpc) is 2.69. The van der Waals surface area contributed by atoms with Crippen LogP contribution in [0.25, 0.3) is 0 Å². The van der Waals surface area contributed by atoms with E-state index in [4.69, 9.17) is 4.74 Å². The van der Waals surface area contributed by atoms with Crippen molar-refractivity contribution in [3.8, 4) is 0 Å². The summed E-state index contributed by atoms with van der Waals surface area (Å²) in [6.45, 7) is 3.10. The summed E-state index contributed by atoms with van der Waals surface area (Å²) in [5.74, 6) is 0.774. The predicted molar refractivity (Wildman–Crippen MR) is 61.0 cm³/mol. The van der Waals surface area contributed by atoms with Gasteiger partial charge >= 0.3 is 0 Å². The standard InChI is InChI=1S/C11H19NO.ClH/c1-2-11(12-7-1)4-3-10-5-8-13-9-6-10;/h3-4,10-12H,1-2,5-9H2;1H/b4-3+;. The first-order chi connectivity index (χ1) is 6.45. The third-order valence-corrected chi connectivity index (χ3v) is 2.98. The molecule has 0 spiro atoms. The first kappa shape index (κ1) is 12.0. The number of nitrogens with one attached hydrogen (secondary N) is 1. The van der Waals surface area contributed by atoms with Gasteiger partial charge in [-0.15, -0.1) is 12.4 Å². The van der Waals surface area contributed by atoms with Gasteiger partial charge in [0, 0.05) is 19.3 Å². The Morgan fingerprint density at radius 2 is 1.86 bits per heavy atom. The molecule has 2 fully saturated rings. The van der Waals surface area contributed by atoms with E-state index >= 15 is 0 Å². The van der Waals surface area contributed by atoms with Crippen LogP contribution in [0.5, 0.6) is 0 Å². The van der Waals surface area contributed by atoms with E-state index in [-0.39, 0.29) is 12.4 Å². The first-order valence-electron chi connectivity index (χ1n) is 5.44. The van der Waals surface area contributed by atoms with Gasteiger partial charge in [-0.25, -0.2) is 0 Å². The molecular weight excluding hydrogens is 198 g/mol. The van der Waals surface area contributed by atoms with Crippen molar-refractivity contribution < 1.29 is 4.74 Å². The van der Waals surface area contributed by atoms with Crippen LogP contribution < -0.4 is 5.32 Å². The average molecular weight is 218 g/mol. The summed E-state index contributed by atoms with van der Waals surface area (Å²) < 4.78 is 5.32. The summed E-state index contributed by atoms with van der Waals surface area (Å²) in [7, 11) is 0. The molecule has 2 saturated heterocycles. The molecule has 0 aliphatic carbocycles. The molecule has 14 heavy (non-hydrogen) atoms. The largest absolute Gasteiger partial charge is 0.381 e. The normalized spacial score (nSPS) is 29.3. The molecule has 1 atom stereocenters. The summed E-state index contributed by atoms with van der Waals surface area (Å²) in [6.07, 6.45) is 9.84. The summed E-state index contributed by atoms with van der Waals surface area (Å²) in [6, 6.07) is 0.655. The lowest BCUT2D eigenvalue weighted by atomic mass is 9.99. The van der Waals surface area contributed by atoms with E-state index in [0.717, 1.165) is 19.1 Å². The van der Waals surface area contributed by atoms with E-state index < -0.39 is 0 Å². The number of halogens is 1. The summed E-state index contributed by atoms with van der Waals surface area (Å²) in [5, 5.41) is 3.48. The Morgan fingerprint density at radius 1 is 1.07 bits per heavy atom. The maximum atomic E-state index is 5.32. The zero-order chi connectivity index (χ0) is 8.93. The van der Waals surface area contributed by atoms with Crippen LogP contribution in [0.2, 0.25) is 0 Å². The second kappa shape index (κ2) is 6.44. The van der Waals surface area contributed by atoms with Crippen LogP contribution in [0, 0.1) is 5.92 Å². The lowest BCUT2D eigenvalue weighted by Gasteiger charge is -2.19. The Morgan fingerprint density at radius 3 is 2.50 bits per heavy atom. The molecule has 82 valence electrons. The Balaban J connectivity index is 0.000000980. The van der Waals surface area contributed by atoms with Gasteiger partial charge in [-0.2, -0.15) is 0 Å². The van der Waals surface area contributed by atoms with Gasteiger partial charge in [0.1, 0.15) is 0 Å². The number of hydrogen-bond donors (Lipinski definition) is 1. The zero-order valence-corrected chi connectivity index (χ0v) is 9.39. The van der Waals surface area contributed by atoms with Crippen LogP contribution in [-0.2, 0) is 4.74 Å². The van der Waals surface area contributed by atoms with Gasteiger partial charge in [-0.1, -0.05) is 12.2 Å². The highest BCUT2D eigenvalue weighted by Crippen LogP contribution is 2.17. The predicted octanol–water partition coefficient (Wildman–Crippen LogP) is 2.14. The van der Waals surface area contributed by atoms with Crippen molar-refractivity contribution >= 4 is 12.4 Å². The van der Waals surface area contributed by atoms with E-state index in [1.54, 1.807) is 0 Å². The summed E-state index contributed by atoms with van der Waals surface area (Å²) in [4.78, 5) is 0. The van der Waals surface area contributed by atoms with E-state index in [1.165, 1.54) is 32.2 Å². The second-order valence-electron chi connectivity index (χ2n) is 4.04. The third-order valence-electron chi connectivity index (χ3n) is 2.98. The molecule has 3 heteroatoms. The van der Waals surface area contributed by atoms with Crippen molar-refractivity contribution in [1.82, 2.24) is 5.32 Å². The Hall–Kier alpha value is -0.0500. The second-order valence-corrected chi connectivity index (χ2v) is 4.04. The van der Waals surface area contributed by atoms with Crippen molar-refractivity contribution in [1.29, 1.82) is 0 Å². The van der Waals surface area contributed by atoms with Gasteiger partial charge in [0.15, 0.2) is 0 Å². The highest BCUT2D eigenvalue weighted by molar-refractivity contribution is 5.85. The fourth-order valence-corrected chi connectivity index (χ4v) is 2.08.